The van der Waals surface area contributed by atoms with Gasteiger partial charge in [0.05, 0.1) is 5.02 Å². The summed E-state index contributed by atoms with van der Waals surface area (Å²) in [4.78, 5) is 25.2. The van der Waals surface area contributed by atoms with E-state index in [0.717, 1.165) is 25.3 Å². The van der Waals surface area contributed by atoms with Crippen LogP contribution in [-0.4, -0.2) is 74.6 Å². The number of aromatic nitrogens is 4. The van der Waals surface area contributed by atoms with Gasteiger partial charge in [-0.2, -0.15) is 4.98 Å². The number of nitrogens with zero attached hydrogens (tertiary/aromatic N) is 6. The molecule has 0 atom stereocenters. The van der Waals surface area contributed by atoms with Crippen molar-refractivity contribution in [3.05, 3.63) is 53.1 Å². The van der Waals surface area contributed by atoms with Gasteiger partial charge in [0.1, 0.15) is 12.4 Å². The van der Waals surface area contributed by atoms with Crippen molar-refractivity contribution in [2.24, 2.45) is 0 Å². The largest absolute Gasteiger partial charge is 0.491 e. The predicted molar refractivity (Wildman–Crippen MR) is 105 cm³/mol. The zero-order valence-corrected chi connectivity index (χ0v) is 16.3. The number of aryl methyl sites for hydroxylation is 1. The van der Waals surface area contributed by atoms with E-state index in [1.807, 2.05) is 37.3 Å². The van der Waals surface area contributed by atoms with Crippen molar-refractivity contribution >= 4 is 23.3 Å². The van der Waals surface area contributed by atoms with Crippen LogP contribution < -0.4 is 4.74 Å². The van der Waals surface area contributed by atoms with Gasteiger partial charge in [0.2, 0.25) is 5.82 Å². The standard InChI is InChI=1S/C19H21ClN6O2/c1-14-6-7-21-19-22-17(23-26(14)19)18(27)25-10-8-24(9-11-25)12-13-28-16-5-3-2-4-15(16)20/h2-7H,8-13H2,1H3. The van der Waals surface area contributed by atoms with Crippen LogP contribution in [0.5, 0.6) is 5.75 Å². The number of rotatable bonds is 5. The molecule has 146 valence electrons. The maximum atomic E-state index is 12.7. The first-order valence-corrected chi connectivity index (χ1v) is 9.57. The highest BCUT2D eigenvalue weighted by Gasteiger charge is 2.25. The molecule has 9 heteroatoms. The number of piperazine rings is 1. The first kappa shape index (κ1) is 18.6. The van der Waals surface area contributed by atoms with E-state index in [2.05, 4.69) is 20.0 Å². The van der Waals surface area contributed by atoms with E-state index >= 15 is 0 Å². The molecule has 0 radical (unpaired) electrons. The predicted octanol–water partition coefficient (Wildman–Crippen LogP) is 1.92. The van der Waals surface area contributed by atoms with E-state index in [4.69, 9.17) is 16.3 Å². The molecule has 0 spiro atoms. The quantitative estimate of drug-likeness (QED) is 0.651. The highest BCUT2D eigenvalue weighted by atomic mass is 35.5. The van der Waals surface area contributed by atoms with Crippen molar-refractivity contribution in [3.63, 3.8) is 0 Å². The lowest BCUT2D eigenvalue weighted by atomic mass is 10.3. The summed E-state index contributed by atoms with van der Waals surface area (Å²) >= 11 is 6.10. The molecule has 3 aromatic rings. The smallest absolute Gasteiger partial charge is 0.293 e. The van der Waals surface area contributed by atoms with Gasteiger partial charge < -0.3 is 9.64 Å². The molecule has 1 aliphatic heterocycles. The van der Waals surface area contributed by atoms with Crippen LogP contribution in [0.2, 0.25) is 5.02 Å². The summed E-state index contributed by atoms with van der Waals surface area (Å²) in [5, 5.41) is 4.92. The van der Waals surface area contributed by atoms with E-state index in [9.17, 15) is 4.79 Å². The Morgan fingerprint density at radius 2 is 1.96 bits per heavy atom. The van der Waals surface area contributed by atoms with Crippen molar-refractivity contribution in [3.8, 4) is 5.75 Å². The third kappa shape index (κ3) is 3.93. The minimum absolute atomic E-state index is 0.156. The molecule has 1 saturated heterocycles. The monoisotopic (exact) mass is 400 g/mol. The Morgan fingerprint density at radius 1 is 1.18 bits per heavy atom. The van der Waals surface area contributed by atoms with Gasteiger partial charge in [-0.1, -0.05) is 23.7 Å². The molecule has 0 saturated carbocycles. The van der Waals surface area contributed by atoms with Crippen LogP contribution in [0, 0.1) is 6.92 Å². The van der Waals surface area contributed by atoms with Crippen molar-refractivity contribution in [2.45, 2.75) is 6.92 Å². The van der Waals surface area contributed by atoms with E-state index in [1.165, 1.54) is 0 Å². The molecule has 0 bridgehead atoms. The molecule has 3 heterocycles. The summed E-state index contributed by atoms with van der Waals surface area (Å²) in [5.41, 5.74) is 0.889. The Bertz CT molecular complexity index is 983. The maximum absolute atomic E-state index is 12.7. The van der Waals surface area contributed by atoms with E-state index in [1.54, 1.807) is 15.6 Å². The normalized spacial score (nSPS) is 15.1. The lowest BCUT2D eigenvalue weighted by molar-refractivity contribution is 0.0609. The fraction of sp³-hybridized carbons (Fsp3) is 0.368. The van der Waals surface area contributed by atoms with Gasteiger partial charge >= 0.3 is 0 Å². The third-order valence-corrected chi connectivity index (χ3v) is 5.09. The SMILES string of the molecule is Cc1ccnc2nc(C(=O)N3CCN(CCOc4ccccc4Cl)CC3)nn12. The summed E-state index contributed by atoms with van der Waals surface area (Å²) < 4.78 is 7.34. The van der Waals surface area contributed by atoms with Crippen LogP contribution >= 0.6 is 11.6 Å². The lowest BCUT2D eigenvalue weighted by Gasteiger charge is -2.34. The third-order valence-electron chi connectivity index (χ3n) is 4.78. The molecule has 1 aliphatic rings. The molecule has 0 N–H and O–H groups in total. The van der Waals surface area contributed by atoms with Crippen LogP contribution in [0.15, 0.2) is 36.5 Å². The number of carbonyl (C=O) groups excluding carboxylic acids is 1. The van der Waals surface area contributed by atoms with Crippen LogP contribution in [-0.2, 0) is 0 Å². The molecule has 1 fully saturated rings. The average molecular weight is 401 g/mol. The molecule has 28 heavy (non-hydrogen) atoms. The van der Waals surface area contributed by atoms with Crippen molar-refractivity contribution in [1.82, 2.24) is 29.4 Å². The van der Waals surface area contributed by atoms with Crippen LogP contribution in [0.4, 0.5) is 0 Å². The number of amides is 1. The second-order valence-electron chi connectivity index (χ2n) is 6.65. The Labute approximate surface area is 167 Å². The van der Waals surface area contributed by atoms with Gasteiger partial charge in [-0.3, -0.25) is 9.69 Å². The van der Waals surface area contributed by atoms with Crippen LogP contribution in [0.1, 0.15) is 16.3 Å². The Morgan fingerprint density at radius 3 is 2.71 bits per heavy atom. The number of carbonyl (C=O) groups is 1. The summed E-state index contributed by atoms with van der Waals surface area (Å²) in [5.74, 6) is 1.17. The highest BCUT2D eigenvalue weighted by Crippen LogP contribution is 2.22. The average Bonchev–Trinajstić information content (AvgIpc) is 3.15. The van der Waals surface area contributed by atoms with E-state index in [0.29, 0.717) is 36.2 Å². The minimum Gasteiger partial charge on any atom is -0.491 e. The van der Waals surface area contributed by atoms with E-state index < -0.39 is 0 Å². The van der Waals surface area contributed by atoms with Crippen molar-refractivity contribution in [1.29, 1.82) is 0 Å². The maximum Gasteiger partial charge on any atom is 0.293 e. The molecule has 8 nitrogen and oxygen atoms in total. The number of hydrogen-bond acceptors (Lipinski definition) is 6. The van der Waals surface area contributed by atoms with Gasteiger partial charge in [0.15, 0.2) is 0 Å². The molecular weight excluding hydrogens is 380 g/mol. The van der Waals surface area contributed by atoms with Gasteiger partial charge in [-0.05, 0) is 25.1 Å². The second-order valence-corrected chi connectivity index (χ2v) is 7.05. The Balaban J connectivity index is 1.29. The fourth-order valence-electron chi connectivity index (χ4n) is 3.16. The number of hydrogen-bond donors (Lipinski definition) is 0. The first-order chi connectivity index (χ1) is 13.6. The van der Waals surface area contributed by atoms with Gasteiger partial charge in [-0.25, -0.2) is 9.50 Å². The molecule has 1 aromatic carbocycles. The van der Waals surface area contributed by atoms with Gasteiger partial charge in [0, 0.05) is 44.6 Å². The second kappa shape index (κ2) is 8.12. The molecular formula is C19H21ClN6O2. The summed E-state index contributed by atoms with van der Waals surface area (Å²) in [6.45, 7) is 6.06. The van der Waals surface area contributed by atoms with Crippen LogP contribution in [0.3, 0.4) is 0 Å². The highest BCUT2D eigenvalue weighted by molar-refractivity contribution is 6.32. The van der Waals surface area contributed by atoms with Crippen molar-refractivity contribution < 1.29 is 9.53 Å². The molecule has 4 rings (SSSR count). The van der Waals surface area contributed by atoms with Gasteiger partial charge in [-0.15, -0.1) is 5.10 Å². The lowest BCUT2D eigenvalue weighted by Crippen LogP contribution is -2.49. The Hall–Kier alpha value is -2.71. The first-order valence-electron chi connectivity index (χ1n) is 9.19. The fourth-order valence-corrected chi connectivity index (χ4v) is 3.35. The van der Waals surface area contributed by atoms with E-state index in [-0.39, 0.29) is 11.7 Å². The number of benzene rings is 1. The molecule has 0 unspecified atom stereocenters. The van der Waals surface area contributed by atoms with Crippen molar-refractivity contribution in [2.75, 3.05) is 39.3 Å². The summed E-state index contributed by atoms with van der Waals surface area (Å²) in [6.07, 6.45) is 1.66. The molecule has 2 aromatic heterocycles. The zero-order valence-electron chi connectivity index (χ0n) is 15.6. The number of para-hydroxylation sites is 1. The number of halogens is 1. The zero-order chi connectivity index (χ0) is 19.5. The number of ether oxygens (including phenoxy) is 1. The number of fused-ring (bicyclic) bond motifs is 1. The van der Waals surface area contributed by atoms with Crippen LogP contribution in [0.25, 0.3) is 5.78 Å². The minimum atomic E-state index is -0.156. The molecule has 1 amide bonds. The summed E-state index contributed by atoms with van der Waals surface area (Å²) in [6, 6.07) is 9.28. The topological polar surface area (TPSA) is 75.9 Å². The molecule has 0 aliphatic carbocycles. The summed E-state index contributed by atoms with van der Waals surface area (Å²) in [7, 11) is 0. The Kier molecular flexibility index (Phi) is 5.40. The van der Waals surface area contributed by atoms with Gasteiger partial charge in [0.25, 0.3) is 11.7 Å².